The van der Waals surface area contributed by atoms with Crippen LogP contribution < -0.4 is 9.13 Å². The number of halogens is 3. The third-order valence-electron chi connectivity index (χ3n) is 4.38. The lowest BCUT2D eigenvalue weighted by Crippen LogP contribution is -2.38. The third kappa shape index (κ3) is 1.69. The van der Waals surface area contributed by atoms with Crippen LogP contribution in [-0.2, 0) is 34.4 Å². The van der Waals surface area contributed by atoms with E-state index < -0.39 is 12.0 Å². The predicted molar refractivity (Wildman–Crippen MR) is 71.5 cm³/mol. The second-order valence-corrected chi connectivity index (χ2v) is 5.43. The quantitative estimate of drug-likeness (QED) is 0.562. The largest absolute Gasteiger partial charge is 0.495 e. The van der Waals surface area contributed by atoms with Gasteiger partial charge in [0.15, 0.2) is 22.1 Å². The summed E-state index contributed by atoms with van der Waals surface area (Å²) in [5.41, 5.74) is 2.96. The Labute approximate surface area is 119 Å². The monoisotopic (exact) mass is 298 g/mol. The molecule has 3 aromatic rings. The van der Waals surface area contributed by atoms with Crippen molar-refractivity contribution in [2.45, 2.75) is 13.1 Å². The molecule has 4 nitrogen and oxygen atoms in total. The lowest BCUT2D eigenvalue weighted by Gasteiger charge is -2.01. The fraction of sp³-hybridized carbons (Fsp3) is 0.429. The van der Waals surface area contributed by atoms with Gasteiger partial charge in [-0.05, 0) is 0 Å². The molecule has 1 aromatic carbocycles. The van der Waals surface area contributed by atoms with Crippen molar-refractivity contribution >= 4 is 22.1 Å². The molecular weight excluding hydrogens is 281 g/mol. The van der Waals surface area contributed by atoms with Gasteiger partial charge in [0.2, 0.25) is 0 Å². The summed E-state index contributed by atoms with van der Waals surface area (Å²) in [5, 5.41) is 0. The minimum atomic E-state index is -4.38. The number of aryl methyl sites for hydroxylation is 4. The number of hydrogen-bond donors (Lipinski definition) is 0. The zero-order chi connectivity index (χ0) is 15.7. The summed E-state index contributed by atoms with van der Waals surface area (Å²) in [4.78, 5) is 0. The molecule has 0 spiro atoms. The van der Waals surface area contributed by atoms with Crippen LogP contribution in [0, 0.1) is 6.92 Å². The highest BCUT2D eigenvalue weighted by molar-refractivity contribution is 5.88. The molecule has 0 radical (unpaired) electrons. The van der Waals surface area contributed by atoms with Gasteiger partial charge >= 0.3 is 12.0 Å². The molecule has 2 heterocycles. The van der Waals surface area contributed by atoms with E-state index in [4.69, 9.17) is 0 Å². The molecule has 0 unspecified atom stereocenters. The summed E-state index contributed by atoms with van der Waals surface area (Å²) in [6, 6.07) is 3.62. The van der Waals surface area contributed by atoms with Crippen LogP contribution >= 0.6 is 0 Å². The molecule has 3 rings (SSSR count). The van der Waals surface area contributed by atoms with E-state index >= 15 is 0 Å². The smallest absolute Gasteiger partial charge is 0.230 e. The predicted octanol–water partition coefficient (Wildman–Crippen LogP) is 1.65. The molecule has 0 amide bonds. The molecule has 21 heavy (non-hydrogen) atoms. The van der Waals surface area contributed by atoms with E-state index in [0.717, 1.165) is 16.9 Å². The summed E-state index contributed by atoms with van der Waals surface area (Å²) in [7, 11) is 6.73. The van der Waals surface area contributed by atoms with Crippen LogP contribution in [0.3, 0.4) is 0 Å². The molecule has 0 saturated carbocycles. The van der Waals surface area contributed by atoms with E-state index in [1.54, 1.807) is 0 Å². The molecule has 0 aliphatic heterocycles. The van der Waals surface area contributed by atoms with E-state index in [1.807, 2.05) is 42.3 Å². The molecule has 0 aliphatic carbocycles. The Kier molecular flexibility index (Phi) is 2.64. The topological polar surface area (TPSA) is 17.6 Å². The molecule has 0 N–H and O–H groups in total. The third-order valence-corrected chi connectivity index (χ3v) is 4.38. The van der Waals surface area contributed by atoms with Crippen molar-refractivity contribution in [1.82, 2.24) is 9.13 Å². The maximum Gasteiger partial charge on any atom is 0.495 e. The van der Waals surface area contributed by atoms with Crippen LogP contribution in [0.1, 0.15) is 11.6 Å². The molecule has 7 heteroatoms. The first-order chi connectivity index (χ1) is 9.64. The lowest BCUT2D eigenvalue weighted by atomic mass is 10.2. The fourth-order valence-corrected chi connectivity index (χ4v) is 3.04. The number of fused-ring (bicyclic) bond motifs is 2. The molecule has 0 fully saturated rings. The maximum absolute atomic E-state index is 13.2. The van der Waals surface area contributed by atoms with Gasteiger partial charge < -0.3 is 0 Å². The van der Waals surface area contributed by atoms with E-state index in [2.05, 4.69) is 0 Å². The van der Waals surface area contributed by atoms with E-state index in [1.165, 1.54) is 23.2 Å². The second kappa shape index (κ2) is 3.99. The number of hydrogen-bond acceptors (Lipinski definition) is 0. The molecule has 0 bridgehead atoms. The molecule has 112 valence electrons. The highest BCUT2D eigenvalue weighted by Crippen LogP contribution is 2.30. The highest BCUT2D eigenvalue weighted by Gasteiger charge is 2.45. The van der Waals surface area contributed by atoms with Crippen molar-refractivity contribution in [3.05, 3.63) is 23.8 Å². The van der Waals surface area contributed by atoms with Gasteiger partial charge in [-0.3, -0.25) is 0 Å². The first-order valence-corrected chi connectivity index (χ1v) is 6.55. The molecule has 2 aromatic heterocycles. The summed E-state index contributed by atoms with van der Waals surface area (Å²) < 4.78 is 46.0. The van der Waals surface area contributed by atoms with Crippen molar-refractivity contribution in [2.24, 2.45) is 28.2 Å². The molecule has 0 atom stereocenters. The summed E-state index contributed by atoms with van der Waals surface area (Å²) in [6.45, 7) is 1.98. The van der Waals surface area contributed by atoms with Gasteiger partial charge in [0.25, 0.3) is 5.82 Å². The highest BCUT2D eigenvalue weighted by atomic mass is 19.4. The molecule has 0 saturated heterocycles. The van der Waals surface area contributed by atoms with Crippen LogP contribution in [0.15, 0.2) is 12.1 Å². The minimum Gasteiger partial charge on any atom is -0.230 e. The standard InChI is InChI=1S/C14H17F3N4/c1-8-18(2)9-6-11-12(7-10(9)19(8)3)21(5)13(20(11)4)14(15,16)17/h6-7H,1-5H3/q+2. The van der Waals surface area contributed by atoms with Crippen molar-refractivity contribution in [3.8, 4) is 0 Å². The molecular formula is C14H17F3N4+2. The first-order valence-electron chi connectivity index (χ1n) is 6.55. The number of benzene rings is 1. The van der Waals surface area contributed by atoms with Crippen LogP contribution in [0.5, 0.6) is 0 Å². The Morgan fingerprint density at radius 2 is 1.43 bits per heavy atom. The number of imidazole rings is 2. The average Bonchev–Trinajstić information content (AvgIpc) is 2.76. The van der Waals surface area contributed by atoms with Gasteiger partial charge in [0.1, 0.15) is 0 Å². The van der Waals surface area contributed by atoms with Crippen molar-refractivity contribution in [1.29, 1.82) is 0 Å². The van der Waals surface area contributed by atoms with Gasteiger partial charge in [-0.15, -0.1) is 0 Å². The zero-order valence-corrected chi connectivity index (χ0v) is 12.6. The van der Waals surface area contributed by atoms with Crippen LogP contribution in [-0.4, -0.2) is 9.13 Å². The Morgan fingerprint density at radius 1 is 0.905 bits per heavy atom. The maximum atomic E-state index is 13.2. The van der Waals surface area contributed by atoms with Crippen molar-refractivity contribution in [2.75, 3.05) is 0 Å². The van der Waals surface area contributed by atoms with Crippen LogP contribution in [0.4, 0.5) is 13.2 Å². The Bertz CT molecular complexity index is 821. The lowest BCUT2D eigenvalue weighted by molar-refractivity contribution is -0.668. The summed E-state index contributed by atoms with van der Waals surface area (Å²) >= 11 is 0. The fourth-order valence-electron chi connectivity index (χ4n) is 3.04. The number of rotatable bonds is 0. The summed E-state index contributed by atoms with van der Waals surface area (Å²) in [6.07, 6.45) is -4.38. The normalized spacial score (nSPS) is 12.8. The van der Waals surface area contributed by atoms with Crippen molar-refractivity contribution in [3.63, 3.8) is 0 Å². The van der Waals surface area contributed by atoms with Crippen LogP contribution in [0.25, 0.3) is 22.1 Å². The Hall–Kier alpha value is -2.05. The number of alkyl halides is 3. The van der Waals surface area contributed by atoms with Crippen molar-refractivity contribution < 1.29 is 22.3 Å². The zero-order valence-electron chi connectivity index (χ0n) is 12.6. The minimum absolute atomic E-state index is 0.568. The molecule has 0 aliphatic rings. The van der Waals surface area contributed by atoms with Gasteiger partial charge in [0, 0.05) is 19.1 Å². The second-order valence-electron chi connectivity index (χ2n) is 5.43. The summed E-state index contributed by atoms with van der Waals surface area (Å²) in [5.74, 6) is 0.381. The Balaban J connectivity index is 2.51. The average molecular weight is 298 g/mol. The van der Waals surface area contributed by atoms with E-state index in [9.17, 15) is 13.2 Å². The van der Waals surface area contributed by atoms with Gasteiger partial charge in [-0.2, -0.15) is 13.2 Å². The van der Waals surface area contributed by atoms with E-state index in [-0.39, 0.29) is 0 Å². The van der Waals surface area contributed by atoms with Gasteiger partial charge in [-0.1, -0.05) is 0 Å². The SMILES string of the molecule is Cc1n(C)c2cc3c(cc2[n+]1C)[n+](C)c(C(F)(F)F)n3C. The van der Waals surface area contributed by atoms with Crippen LogP contribution in [0.2, 0.25) is 0 Å². The Morgan fingerprint density at radius 3 is 2.00 bits per heavy atom. The first kappa shape index (κ1) is 13.9. The number of nitrogens with zero attached hydrogens (tertiary/aromatic N) is 4. The van der Waals surface area contributed by atoms with Gasteiger partial charge in [0.05, 0.1) is 28.2 Å². The number of aromatic nitrogens is 4. The van der Waals surface area contributed by atoms with E-state index in [0.29, 0.717) is 11.0 Å². The van der Waals surface area contributed by atoms with Gasteiger partial charge in [-0.25, -0.2) is 18.3 Å².